The van der Waals surface area contributed by atoms with E-state index >= 15 is 0 Å². The van der Waals surface area contributed by atoms with Gasteiger partial charge in [-0.25, -0.2) is 9.78 Å². The third kappa shape index (κ3) is 3.53. The molecule has 1 fully saturated rings. The zero-order valence-electron chi connectivity index (χ0n) is 13.2. The third-order valence-electron chi connectivity index (χ3n) is 4.31. The van der Waals surface area contributed by atoms with Crippen LogP contribution < -0.4 is 4.74 Å². The third-order valence-corrected chi connectivity index (χ3v) is 4.31. The fraction of sp³-hybridized carbons (Fsp3) is 0.412. The standard InChI is InChI=1S/C17H21N3O3/c1-23-15-5-4-12(9-14(15)17(21)22)10-20-8-2-3-13(11-20)16-18-6-7-19-16/h4-7,9,13H,2-3,8,10-11H2,1H3,(H,18,19)(H,21,22). The average Bonchev–Trinajstić information content (AvgIpc) is 3.09. The Morgan fingerprint density at radius 3 is 3.09 bits per heavy atom. The van der Waals surface area contributed by atoms with E-state index in [1.807, 2.05) is 12.3 Å². The number of H-pyrrole nitrogens is 1. The number of imidazole rings is 1. The lowest BCUT2D eigenvalue weighted by Gasteiger charge is -2.31. The lowest BCUT2D eigenvalue weighted by atomic mass is 9.96. The van der Waals surface area contributed by atoms with Crippen molar-refractivity contribution in [3.8, 4) is 5.75 Å². The van der Waals surface area contributed by atoms with Crippen molar-refractivity contribution >= 4 is 5.97 Å². The van der Waals surface area contributed by atoms with Crippen LogP contribution in [0.15, 0.2) is 30.6 Å². The first-order chi connectivity index (χ1) is 11.2. The van der Waals surface area contributed by atoms with Crippen LogP contribution in [0, 0.1) is 0 Å². The van der Waals surface area contributed by atoms with E-state index in [-0.39, 0.29) is 5.56 Å². The van der Waals surface area contributed by atoms with Crippen LogP contribution in [-0.4, -0.2) is 46.1 Å². The Labute approximate surface area is 135 Å². The molecule has 0 amide bonds. The molecule has 0 spiro atoms. The number of aromatic amines is 1. The highest BCUT2D eigenvalue weighted by molar-refractivity contribution is 5.91. The molecule has 0 saturated carbocycles. The molecule has 1 aliphatic heterocycles. The molecule has 2 N–H and O–H groups in total. The predicted octanol–water partition coefficient (Wildman–Crippen LogP) is 2.50. The maximum absolute atomic E-state index is 11.3. The number of rotatable bonds is 5. The molecule has 23 heavy (non-hydrogen) atoms. The Bertz CT molecular complexity index is 670. The number of nitrogens with one attached hydrogen (secondary N) is 1. The number of carbonyl (C=O) groups is 1. The minimum atomic E-state index is -0.962. The van der Waals surface area contributed by atoms with Gasteiger partial charge in [0.05, 0.1) is 7.11 Å². The van der Waals surface area contributed by atoms with Crippen LogP contribution in [0.5, 0.6) is 5.75 Å². The van der Waals surface area contributed by atoms with Gasteiger partial charge >= 0.3 is 5.97 Å². The monoisotopic (exact) mass is 315 g/mol. The second-order valence-corrected chi connectivity index (χ2v) is 5.89. The van der Waals surface area contributed by atoms with E-state index in [4.69, 9.17) is 4.74 Å². The number of aromatic nitrogens is 2. The van der Waals surface area contributed by atoms with Crippen LogP contribution in [0.25, 0.3) is 0 Å². The van der Waals surface area contributed by atoms with Crippen LogP contribution in [0.4, 0.5) is 0 Å². The summed E-state index contributed by atoms with van der Waals surface area (Å²) >= 11 is 0. The number of aromatic carboxylic acids is 1. The molecule has 1 aromatic carbocycles. The molecule has 6 nitrogen and oxygen atoms in total. The van der Waals surface area contributed by atoms with Crippen LogP contribution >= 0.6 is 0 Å². The highest BCUT2D eigenvalue weighted by atomic mass is 16.5. The number of carboxylic acid groups (broad SMARTS) is 1. The molecule has 0 aliphatic carbocycles. The predicted molar refractivity (Wildman–Crippen MR) is 85.8 cm³/mol. The lowest BCUT2D eigenvalue weighted by molar-refractivity contribution is 0.0693. The number of benzene rings is 1. The number of hydrogen-bond acceptors (Lipinski definition) is 4. The number of carboxylic acids is 1. The molecule has 6 heteroatoms. The van der Waals surface area contributed by atoms with Crippen LogP contribution in [-0.2, 0) is 6.54 Å². The van der Waals surface area contributed by atoms with E-state index in [9.17, 15) is 9.90 Å². The molecule has 0 radical (unpaired) electrons. The van der Waals surface area contributed by atoms with Gasteiger partial charge in [0.15, 0.2) is 0 Å². The van der Waals surface area contributed by atoms with E-state index < -0.39 is 5.97 Å². The summed E-state index contributed by atoms with van der Waals surface area (Å²) in [5, 5.41) is 9.29. The largest absolute Gasteiger partial charge is 0.496 e. The molecular weight excluding hydrogens is 294 g/mol. The van der Waals surface area contributed by atoms with Crippen LogP contribution in [0.2, 0.25) is 0 Å². The summed E-state index contributed by atoms with van der Waals surface area (Å²) in [5.41, 5.74) is 1.20. The maximum atomic E-state index is 11.3. The Morgan fingerprint density at radius 2 is 2.39 bits per heavy atom. The summed E-state index contributed by atoms with van der Waals surface area (Å²) in [5.74, 6) is 0.885. The number of ether oxygens (including phenoxy) is 1. The Balaban J connectivity index is 1.71. The van der Waals surface area contributed by atoms with E-state index in [1.54, 1.807) is 18.3 Å². The summed E-state index contributed by atoms with van der Waals surface area (Å²) in [7, 11) is 1.49. The Morgan fingerprint density at radius 1 is 1.52 bits per heavy atom. The lowest BCUT2D eigenvalue weighted by Crippen LogP contribution is -2.34. The van der Waals surface area contributed by atoms with Crippen molar-refractivity contribution in [3.05, 3.63) is 47.5 Å². The molecule has 1 unspecified atom stereocenters. The second kappa shape index (κ2) is 6.83. The quantitative estimate of drug-likeness (QED) is 0.886. The van der Waals surface area contributed by atoms with Crippen molar-refractivity contribution < 1.29 is 14.6 Å². The number of hydrogen-bond donors (Lipinski definition) is 2. The number of nitrogens with zero attached hydrogens (tertiary/aromatic N) is 2. The number of methoxy groups -OCH3 is 1. The Hall–Kier alpha value is -2.34. The van der Waals surface area contributed by atoms with Crippen molar-refractivity contribution in [2.75, 3.05) is 20.2 Å². The smallest absolute Gasteiger partial charge is 0.339 e. The second-order valence-electron chi connectivity index (χ2n) is 5.89. The normalized spacial score (nSPS) is 18.7. The maximum Gasteiger partial charge on any atom is 0.339 e. The zero-order valence-corrected chi connectivity index (χ0v) is 13.2. The first-order valence-corrected chi connectivity index (χ1v) is 7.79. The minimum Gasteiger partial charge on any atom is -0.496 e. The van der Waals surface area contributed by atoms with Gasteiger partial charge in [0.1, 0.15) is 17.1 Å². The molecule has 0 bridgehead atoms. The fourth-order valence-corrected chi connectivity index (χ4v) is 3.20. The van der Waals surface area contributed by atoms with Crippen molar-refractivity contribution in [1.82, 2.24) is 14.9 Å². The SMILES string of the molecule is COc1ccc(CN2CCCC(c3ncc[nH]3)C2)cc1C(=O)O. The first-order valence-electron chi connectivity index (χ1n) is 7.79. The van der Waals surface area contributed by atoms with E-state index in [0.29, 0.717) is 11.7 Å². The summed E-state index contributed by atoms with van der Waals surface area (Å²) in [6.45, 7) is 2.69. The molecular formula is C17H21N3O3. The molecule has 1 saturated heterocycles. The van der Waals surface area contributed by atoms with Gasteiger partial charge in [0.25, 0.3) is 0 Å². The van der Waals surface area contributed by atoms with Crippen LogP contribution in [0.1, 0.15) is 40.5 Å². The summed E-state index contributed by atoms with van der Waals surface area (Å²) in [4.78, 5) is 21.2. The van der Waals surface area contributed by atoms with Crippen molar-refractivity contribution in [1.29, 1.82) is 0 Å². The molecule has 1 atom stereocenters. The molecule has 1 aliphatic rings. The van der Waals surface area contributed by atoms with Crippen LogP contribution in [0.3, 0.4) is 0 Å². The van der Waals surface area contributed by atoms with Gasteiger partial charge in [-0.1, -0.05) is 6.07 Å². The highest BCUT2D eigenvalue weighted by Crippen LogP contribution is 2.26. The minimum absolute atomic E-state index is 0.213. The van der Waals surface area contributed by atoms with Gasteiger partial charge < -0.3 is 14.8 Å². The zero-order chi connectivity index (χ0) is 16.2. The van der Waals surface area contributed by atoms with E-state index in [0.717, 1.165) is 43.9 Å². The molecule has 122 valence electrons. The van der Waals surface area contributed by atoms with Crippen molar-refractivity contribution in [2.45, 2.75) is 25.3 Å². The van der Waals surface area contributed by atoms with E-state index in [1.165, 1.54) is 7.11 Å². The highest BCUT2D eigenvalue weighted by Gasteiger charge is 2.23. The summed E-state index contributed by atoms with van der Waals surface area (Å²) in [6.07, 6.45) is 5.90. The van der Waals surface area contributed by atoms with Gasteiger partial charge in [-0.2, -0.15) is 0 Å². The van der Waals surface area contributed by atoms with Crippen molar-refractivity contribution in [3.63, 3.8) is 0 Å². The van der Waals surface area contributed by atoms with Gasteiger partial charge in [-0.3, -0.25) is 4.90 Å². The number of piperidine rings is 1. The molecule has 2 heterocycles. The summed E-state index contributed by atoms with van der Waals surface area (Å²) < 4.78 is 5.11. The fourth-order valence-electron chi connectivity index (χ4n) is 3.20. The summed E-state index contributed by atoms with van der Waals surface area (Å²) in [6, 6.07) is 5.37. The van der Waals surface area contributed by atoms with Gasteiger partial charge in [0.2, 0.25) is 0 Å². The molecule has 1 aromatic heterocycles. The van der Waals surface area contributed by atoms with Gasteiger partial charge in [-0.15, -0.1) is 0 Å². The molecule has 2 aromatic rings. The molecule has 3 rings (SSSR count). The van der Waals surface area contributed by atoms with Gasteiger partial charge in [0, 0.05) is 31.4 Å². The van der Waals surface area contributed by atoms with E-state index in [2.05, 4.69) is 14.9 Å². The topological polar surface area (TPSA) is 78.5 Å². The average molecular weight is 315 g/mol. The first kappa shape index (κ1) is 15.6. The van der Waals surface area contributed by atoms with Gasteiger partial charge in [-0.05, 0) is 37.1 Å². The van der Waals surface area contributed by atoms with Crippen molar-refractivity contribution in [2.24, 2.45) is 0 Å². The number of likely N-dealkylation sites (tertiary alicyclic amines) is 1. The Kier molecular flexibility index (Phi) is 4.62.